The highest BCUT2D eigenvalue weighted by atomic mass is 32.2. The smallest absolute Gasteiger partial charge is 0.324 e. The standard InChI is InChI=1S/C8H16N2O4S/c1-3-8(11)14-9-4-6-10(7-5-9)15(2,12)13/h3-7H2,1-2H3. The third kappa shape index (κ3) is 3.77. The molecule has 0 spiro atoms. The van der Waals surface area contributed by atoms with Gasteiger partial charge in [-0.15, -0.1) is 5.06 Å². The first-order valence-electron chi connectivity index (χ1n) is 4.84. The zero-order chi connectivity index (χ0) is 11.5. The first-order valence-corrected chi connectivity index (χ1v) is 6.69. The molecule has 0 saturated carbocycles. The maximum Gasteiger partial charge on any atom is 0.324 e. The highest BCUT2D eigenvalue weighted by Crippen LogP contribution is 2.06. The average molecular weight is 236 g/mol. The van der Waals surface area contributed by atoms with Crippen LogP contribution in [-0.2, 0) is 19.7 Å². The Morgan fingerprint density at radius 3 is 2.20 bits per heavy atom. The molecule has 1 aliphatic rings. The SMILES string of the molecule is CCC(=O)ON1CCN(S(C)(=O)=O)CC1. The Labute approximate surface area is 89.8 Å². The molecule has 0 aromatic rings. The summed E-state index contributed by atoms with van der Waals surface area (Å²) in [6, 6.07) is 0. The number of carbonyl (C=O) groups excluding carboxylic acids is 1. The van der Waals surface area contributed by atoms with Crippen molar-refractivity contribution in [3.63, 3.8) is 0 Å². The molecule has 15 heavy (non-hydrogen) atoms. The molecule has 0 bridgehead atoms. The first-order chi connectivity index (χ1) is 6.93. The summed E-state index contributed by atoms with van der Waals surface area (Å²) in [6.07, 6.45) is 1.51. The van der Waals surface area contributed by atoms with Crippen LogP contribution in [0.25, 0.3) is 0 Å². The number of hydrogen-bond donors (Lipinski definition) is 0. The molecule has 0 unspecified atom stereocenters. The zero-order valence-electron chi connectivity index (χ0n) is 8.97. The molecule has 0 aromatic heterocycles. The number of hydroxylamine groups is 2. The van der Waals surface area contributed by atoms with Crippen molar-refractivity contribution in [3.8, 4) is 0 Å². The molecule has 1 saturated heterocycles. The summed E-state index contributed by atoms with van der Waals surface area (Å²) >= 11 is 0. The van der Waals surface area contributed by atoms with Crippen molar-refractivity contribution in [1.82, 2.24) is 9.37 Å². The van der Waals surface area contributed by atoms with Crippen molar-refractivity contribution in [2.75, 3.05) is 32.4 Å². The molecule has 0 amide bonds. The van der Waals surface area contributed by atoms with Crippen LogP contribution in [0, 0.1) is 0 Å². The summed E-state index contributed by atoms with van der Waals surface area (Å²) in [5.74, 6) is -0.289. The van der Waals surface area contributed by atoms with E-state index in [0.717, 1.165) is 0 Å². The quantitative estimate of drug-likeness (QED) is 0.656. The molecule has 0 atom stereocenters. The van der Waals surface area contributed by atoms with E-state index in [-0.39, 0.29) is 5.97 Å². The summed E-state index contributed by atoms with van der Waals surface area (Å²) in [5.41, 5.74) is 0. The van der Waals surface area contributed by atoms with Crippen molar-refractivity contribution in [1.29, 1.82) is 0 Å². The van der Waals surface area contributed by atoms with Crippen molar-refractivity contribution < 1.29 is 18.0 Å². The van der Waals surface area contributed by atoms with Crippen molar-refractivity contribution in [2.24, 2.45) is 0 Å². The Hall–Kier alpha value is -0.660. The fourth-order valence-electron chi connectivity index (χ4n) is 1.30. The van der Waals surface area contributed by atoms with Gasteiger partial charge in [0.05, 0.1) is 6.26 Å². The molecular weight excluding hydrogens is 220 g/mol. The molecule has 6 nitrogen and oxygen atoms in total. The third-order valence-corrected chi connectivity index (χ3v) is 3.49. The number of piperazine rings is 1. The van der Waals surface area contributed by atoms with Crippen molar-refractivity contribution >= 4 is 16.0 Å². The van der Waals surface area contributed by atoms with Crippen molar-refractivity contribution in [3.05, 3.63) is 0 Å². The van der Waals surface area contributed by atoms with Gasteiger partial charge in [-0.2, -0.15) is 4.31 Å². The number of nitrogens with zero attached hydrogens (tertiary/aromatic N) is 2. The largest absolute Gasteiger partial charge is 0.368 e. The monoisotopic (exact) mass is 236 g/mol. The van der Waals surface area contributed by atoms with Gasteiger partial charge in [0.15, 0.2) is 0 Å². The predicted octanol–water partition coefficient (Wildman–Crippen LogP) is -0.568. The molecule has 1 aliphatic heterocycles. The van der Waals surface area contributed by atoms with Crippen LogP contribution in [0.3, 0.4) is 0 Å². The summed E-state index contributed by atoms with van der Waals surface area (Å²) in [6.45, 7) is 3.32. The summed E-state index contributed by atoms with van der Waals surface area (Å²) < 4.78 is 23.7. The zero-order valence-corrected chi connectivity index (χ0v) is 9.79. The molecule has 7 heteroatoms. The minimum absolute atomic E-state index is 0.289. The van der Waals surface area contributed by atoms with E-state index in [0.29, 0.717) is 32.6 Å². The Bertz CT molecular complexity index is 320. The second-order valence-corrected chi connectivity index (χ2v) is 5.39. The summed E-state index contributed by atoms with van der Waals surface area (Å²) in [7, 11) is -3.12. The lowest BCUT2D eigenvalue weighted by Crippen LogP contribution is -2.48. The minimum atomic E-state index is -3.12. The molecule has 1 rings (SSSR count). The topological polar surface area (TPSA) is 66.9 Å². The van der Waals surface area contributed by atoms with Gasteiger partial charge in [0.2, 0.25) is 10.0 Å². The van der Waals surface area contributed by atoms with E-state index in [1.807, 2.05) is 0 Å². The van der Waals surface area contributed by atoms with Crippen LogP contribution in [0.15, 0.2) is 0 Å². The van der Waals surface area contributed by atoms with Gasteiger partial charge in [-0.1, -0.05) is 6.92 Å². The van der Waals surface area contributed by atoms with E-state index in [4.69, 9.17) is 4.84 Å². The second kappa shape index (κ2) is 4.91. The number of hydrogen-bond acceptors (Lipinski definition) is 5. The number of rotatable bonds is 3. The minimum Gasteiger partial charge on any atom is -0.368 e. The van der Waals surface area contributed by atoms with E-state index < -0.39 is 10.0 Å². The first kappa shape index (κ1) is 12.4. The Morgan fingerprint density at radius 2 is 1.80 bits per heavy atom. The summed E-state index contributed by atoms with van der Waals surface area (Å²) in [5, 5.41) is 1.51. The third-order valence-electron chi connectivity index (χ3n) is 2.19. The van der Waals surface area contributed by atoms with Crippen LogP contribution < -0.4 is 0 Å². The van der Waals surface area contributed by atoms with Crippen molar-refractivity contribution in [2.45, 2.75) is 13.3 Å². The van der Waals surface area contributed by atoms with Crippen LogP contribution in [0.4, 0.5) is 0 Å². The normalized spacial score (nSPS) is 20.1. The predicted molar refractivity (Wildman–Crippen MR) is 54.4 cm³/mol. The molecule has 0 radical (unpaired) electrons. The Kier molecular flexibility index (Phi) is 4.06. The van der Waals surface area contributed by atoms with Gasteiger partial charge in [0.1, 0.15) is 0 Å². The van der Waals surface area contributed by atoms with Crippen LogP contribution in [0.1, 0.15) is 13.3 Å². The van der Waals surface area contributed by atoms with Gasteiger partial charge >= 0.3 is 5.97 Å². The van der Waals surface area contributed by atoms with Crippen LogP contribution in [-0.4, -0.2) is 56.2 Å². The van der Waals surface area contributed by atoms with Crippen LogP contribution >= 0.6 is 0 Å². The molecule has 0 N–H and O–H groups in total. The maximum absolute atomic E-state index is 11.2. The van der Waals surface area contributed by atoms with Gasteiger partial charge in [0, 0.05) is 32.6 Å². The highest BCUT2D eigenvalue weighted by Gasteiger charge is 2.24. The lowest BCUT2D eigenvalue weighted by atomic mass is 10.4. The highest BCUT2D eigenvalue weighted by molar-refractivity contribution is 7.88. The Balaban J connectivity index is 2.40. The lowest BCUT2D eigenvalue weighted by molar-refractivity contribution is -0.194. The molecule has 0 aromatic carbocycles. The number of carbonyl (C=O) groups is 1. The molecule has 1 fully saturated rings. The van der Waals surface area contributed by atoms with Crippen LogP contribution in [0.2, 0.25) is 0 Å². The van der Waals surface area contributed by atoms with Gasteiger partial charge in [-0.05, 0) is 0 Å². The molecule has 0 aliphatic carbocycles. The fourth-order valence-corrected chi connectivity index (χ4v) is 2.13. The fraction of sp³-hybridized carbons (Fsp3) is 0.875. The average Bonchev–Trinajstić information content (AvgIpc) is 2.17. The molecular formula is C8H16N2O4S. The van der Waals surface area contributed by atoms with Crippen LogP contribution in [0.5, 0.6) is 0 Å². The molecule has 1 heterocycles. The summed E-state index contributed by atoms with van der Waals surface area (Å²) in [4.78, 5) is 15.9. The van der Waals surface area contributed by atoms with Gasteiger partial charge < -0.3 is 4.84 Å². The van der Waals surface area contributed by atoms with Gasteiger partial charge in [0.25, 0.3) is 0 Å². The number of sulfonamides is 1. The van der Waals surface area contributed by atoms with E-state index >= 15 is 0 Å². The van der Waals surface area contributed by atoms with E-state index in [1.54, 1.807) is 6.92 Å². The van der Waals surface area contributed by atoms with Gasteiger partial charge in [-0.3, -0.25) is 4.79 Å². The van der Waals surface area contributed by atoms with E-state index in [1.165, 1.54) is 15.6 Å². The van der Waals surface area contributed by atoms with E-state index in [2.05, 4.69) is 0 Å². The molecule has 88 valence electrons. The lowest BCUT2D eigenvalue weighted by Gasteiger charge is -2.31. The Morgan fingerprint density at radius 1 is 1.27 bits per heavy atom. The second-order valence-electron chi connectivity index (χ2n) is 3.41. The maximum atomic E-state index is 11.2. The van der Waals surface area contributed by atoms with E-state index in [9.17, 15) is 13.2 Å². The van der Waals surface area contributed by atoms with Gasteiger partial charge in [-0.25, -0.2) is 8.42 Å².